The Morgan fingerprint density at radius 2 is 1.39 bits per heavy atom. The zero-order valence-electron chi connectivity index (χ0n) is 17.2. The minimum atomic E-state index is -0.715. The fourth-order valence-corrected chi connectivity index (χ4v) is 3.74. The third kappa shape index (κ3) is 8.18. The van der Waals surface area contributed by atoms with Crippen molar-refractivity contribution in [3.05, 3.63) is 102 Å². The molecule has 2 N–H and O–H groups in total. The highest BCUT2D eigenvalue weighted by Crippen LogP contribution is 2.15. The second-order valence-corrected chi connectivity index (χ2v) is 8.07. The number of thioether (sulfide) groups is 1. The molecule has 0 aromatic heterocycles. The lowest BCUT2D eigenvalue weighted by atomic mass is 10.1. The van der Waals surface area contributed by atoms with Crippen molar-refractivity contribution in [3.8, 4) is 0 Å². The summed E-state index contributed by atoms with van der Waals surface area (Å²) in [4.78, 5) is 26.2. The van der Waals surface area contributed by atoms with Crippen LogP contribution in [-0.4, -0.2) is 30.3 Å². The molecule has 3 aromatic rings. The second kappa shape index (κ2) is 12.4. The highest BCUT2D eigenvalue weighted by atomic mass is 32.2. The second-order valence-electron chi connectivity index (χ2n) is 6.90. The number of rotatable bonds is 10. The number of ether oxygens (including phenoxy) is 1. The fourth-order valence-electron chi connectivity index (χ4n) is 2.95. The van der Waals surface area contributed by atoms with Gasteiger partial charge in [-0.2, -0.15) is 0 Å². The van der Waals surface area contributed by atoms with E-state index in [2.05, 4.69) is 10.6 Å². The van der Waals surface area contributed by atoms with Crippen LogP contribution in [0.25, 0.3) is 0 Å². The predicted octanol–water partition coefficient (Wildman–Crippen LogP) is 4.43. The van der Waals surface area contributed by atoms with E-state index < -0.39 is 12.1 Å². The van der Waals surface area contributed by atoms with Crippen LogP contribution in [-0.2, 0) is 22.6 Å². The van der Waals surface area contributed by atoms with Gasteiger partial charge < -0.3 is 15.4 Å². The zero-order valence-corrected chi connectivity index (χ0v) is 18.0. The first-order chi connectivity index (χ1) is 15.2. The highest BCUT2D eigenvalue weighted by molar-refractivity contribution is 7.99. The third-order valence-electron chi connectivity index (χ3n) is 4.52. The van der Waals surface area contributed by atoms with Crippen molar-refractivity contribution in [3.63, 3.8) is 0 Å². The van der Waals surface area contributed by atoms with Crippen molar-refractivity contribution in [2.75, 3.05) is 12.3 Å². The number of hydrogen-bond acceptors (Lipinski definition) is 4. The Labute approximate surface area is 187 Å². The van der Waals surface area contributed by atoms with Gasteiger partial charge in [0.15, 0.2) is 0 Å². The Kier molecular flexibility index (Phi) is 9.01. The summed E-state index contributed by atoms with van der Waals surface area (Å²) in [6, 6.07) is 28.3. The van der Waals surface area contributed by atoms with Gasteiger partial charge in [-0.3, -0.25) is 4.79 Å². The lowest BCUT2D eigenvalue weighted by molar-refractivity contribution is -0.122. The predicted molar refractivity (Wildman–Crippen MR) is 124 cm³/mol. The van der Waals surface area contributed by atoms with Gasteiger partial charge in [0.2, 0.25) is 5.91 Å². The van der Waals surface area contributed by atoms with Crippen LogP contribution in [0.3, 0.4) is 0 Å². The average Bonchev–Trinajstić information content (AvgIpc) is 2.82. The first-order valence-corrected chi connectivity index (χ1v) is 11.2. The van der Waals surface area contributed by atoms with E-state index in [1.54, 1.807) is 11.8 Å². The largest absolute Gasteiger partial charge is 0.445 e. The molecule has 3 aromatic carbocycles. The first-order valence-electron chi connectivity index (χ1n) is 10.2. The molecule has 0 saturated heterocycles. The molecule has 0 radical (unpaired) electrons. The average molecular weight is 435 g/mol. The van der Waals surface area contributed by atoms with E-state index in [9.17, 15) is 9.59 Å². The Morgan fingerprint density at radius 1 is 0.806 bits per heavy atom. The van der Waals surface area contributed by atoms with Crippen molar-refractivity contribution in [2.24, 2.45) is 0 Å². The van der Waals surface area contributed by atoms with Gasteiger partial charge in [-0.25, -0.2) is 4.79 Å². The molecule has 5 nitrogen and oxygen atoms in total. The number of hydrogen-bond donors (Lipinski definition) is 2. The van der Waals surface area contributed by atoms with Gasteiger partial charge in [0.1, 0.15) is 12.6 Å². The zero-order chi connectivity index (χ0) is 21.7. The molecule has 0 heterocycles. The lowest BCUT2D eigenvalue weighted by Gasteiger charge is -2.18. The maximum atomic E-state index is 12.8. The van der Waals surface area contributed by atoms with Crippen molar-refractivity contribution in [2.45, 2.75) is 24.0 Å². The van der Waals surface area contributed by atoms with Gasteiger partial charge in [-0.15, -0.1) is 11.8 Å². The van der Waals surface area contributed by atoms with Crippen LogP contribution in [0, 0.1) is 0 Å². The molecule has 160 valence electrons. The Morgan fingerprint density at radius 3 is 2.03 bits per heavy atom. The van der Waals surface area contributed by atoms with Crippen LogP contribution in [0.4, 0.5) is 4.79 Å². The SMILES string of the molecule is O=C(N[C@@H](Cc1ccccc1)C(=O)NCCSc1ccccc1)OCc1ccccc1. The molecule has 0 fully saturated rings. The van der Waals surface area contributed by atoms with E-state index in [-0.39, 0.29) is 12.5 Å². The molecule has 0 bridgehead atoms. The summed E-state index contributed by atoms with van der Waals surface area (Å²) in [7, 11) is 0. The molecule has 0 spiro atoms. The van der Waals surface area contributed by atoms with E-state index in [0.717, 1.165) is 21.8 Å². The van der Waals surface area contributed by atoms with Crippen molar-refractivity contribution >= 4 is 23.8 Å². The van der Waals surface area contributed by atoms with Crippen LogP contribution in [0.1, 0.15) is 11.1 Å². The van der Waals surface area contributed by atoms with Gasteiger partial charge in [0.05, 0.1) is 0 Å². The van der Waals surface area contributed by atoms with Gasteiger partial charge in [0.25, 0.3) is 0 Å². The fraction of sp³-hybridized carbons (Fsp3) is 0.200. The minimum absolute atomic E-state index is 0.153. The minimum Gasteiger partial charge on any atom is -0.445 e. The molecule has 6 heteroatoms. The summed E-state index contributed by atoms with van der Waals surface area (Å²) < 4.78 is 5.30. The van der Waals surface area contributed by atoms with Crippen LogP contribution in [0.2, 0.25) is 0 Å². The number of amides is 2. The van der Waals surface area contributed by atoms with E-state index in [0.29, 0.717) is 13.0 Å². The van der Waals surface area contributed by atoms with Crippen LogP contribution in [0.15, 0.2) is 95.9 Å². The van der Waals surface area contributed by atoms with E-state index in [1.807, 2.05) is 91.0 Å². The molecule has 0 saturated carbocycles. The summed E-state index contributed by atoms with van der Waals surface area (Å²) in [5.74, 6) is 0.515. The molecule has 1 atom stereocenters. The van der Waals surface area contributed by atoms with E-state index >= 15 is 0 Å². The van der Waals surface area contributed by atoms with Crippen molar-refractivity contribution in [1.82, 2.24) is 10.6 Å². The highest BCUT2D eigenvalue weighted by Gasteiger charge is 2.21. The van der Waals surface area contributed by atoms with Crippen LogP contribution < -0.4 is 10.6 Å². The summed E-state index contributed by atoms with van der Waals surface area (Å²) in [5, 5.41) is 5.64. The molecule has 2 amide bonds. The molecule has 0 aliphatic heterocycles. The molecule has 0 unspecified atom stereocenters. The molecule has 3 rings (SSSR count). The quantitative estimate of drug-likeness (QED) is 0.366. The Balaban J connectivity index is 1.52. The van der Waals surface area contributed by atoms with Crippen molar-refractivity contribution < 1.29 is 14.3 Å². The normalized spacial score (nSPS) is 11.4. The summed E-state index contributed by atoms with van der Waals surface area (Å²) in [5.41, 5.74) is 1.85. The number of carbonyl (C=O) groups is 2. The molecular formula is C25H26N2O3S. The van der Waals surface area contributed by atoms with Gasteiger partial charge in [-0.05, 0) is 23.3 Å². The maximum absolute atomic E-state index is 12.8. The van der Waals surface area contributed by atoms with E-state index in [1.165, 1.54) is 0 Å². The Hall–Kier alpha value is -3.25. The summed E-state index contributed by atoms with van der Waals surface area (Å²) in [6.45, 7) is 0.657. The number of alkyl carbamates (subject to hydrolysis) is 1. The number of nitrogens with one attached hydrogen (secondary N) is 2. The maximum Gasteiger partial charge on any atom is 0.408 e. The summed E-state index contributed by atoms with van der Waals surface area (Å²) >= 11 is 1.67. The topological polar surface area (TPSA) is 67.4 Å². The lowest BCUT2D eigenvalue weighted by Crippen LogP contribution is -2.48. The van der Waals surface area contributed by atoms with Crippen LogP contribution in [0.5, 0.6) is 0 Å². The molecule has 31 heavy (non-hydrogen) atoms. The van der Waals surface area contributed by atoms with E-state index in [4.69, 9.17) is 4.74 Å². The van der Waals surface area contributed by atoms with Crippen molar-refractivity contribution in [1.29, 1.82) is 0 Å². The third-order valence-corrected chi connectivity index (χ3v) is 5.53. The standard InChI is InChI=1S/C25H26N2O3S/c28-24(26-16-17-31-22-14-8-3-9-15-22)23(18-20-10-4-1-5-11-20)27-25(29)30-19-21-12-6-2-7-13-21/h1-15,23H,16-19H2,(H,26,28)(H,27,29)/t23-/m0/s1. The number of carbonyl (C=O) groups excluding carboxylic acids is 2. The molecular weight excluding hydrogens is 408 g/mol. The van der Waals surface area contributed by atoms with Gasteiger partial charge >= 0.3 is 6.09 Å². The molecule has 0 aliphatic carbocycles. The Bertz CT molecular complexity index is 937. The van der Waals surface area contributed by atoms with Gasteiger partial charge in [0, 0.05) is 23.6 Å². The summed E-state index contributed by atoms with van der Waals surface area (Å²) in [6.07, 6.45) is -0.225. The smallest absolute Gasteiger partial charge is 0.408 e. The first kappa shape index (κ1) is 22.4. The van der Waals surface area contributed by atoms with Gasteiger partial charge in [-0.1, -0.05) is 78.9 Å². The molecule has 0 aliphatic rings. The monoisotopic (exact) mass is 434 g/mol. The van der Waals surface area contributed by atoms with Crippen LogP contribution >= 0.6 is 11.8 Å². The number of benzene rings is 3.